The third-order valence-electron chi connectivity index (χ3n) is 2.84. The number of halogens is 2. The van der Waals surface area contributed by atoms with Gasteiger partial charge in [-0.15, -0.1) is 11.8 Å². The van der Waals surface area contributed by atoms with Crippen molar-refractivity contribution in [3.05, 3.63) is 35.4 Å². The molecule has 1 aliphatic heterocycles. The Balaban J connectivity index is 1.93. The SMILES string of the molecule is O=C(NCC(O)c1c(F)cccc1F)C1CSCN1. The number of aliphatic hydroxyl groups excluding tert-OH is 1. The van der Waals surface area contributed by atoms with Gasteiger partial charge in [0, 0.05) is 18.2 Å². The highest BCUT2D eigenvalue weighted by Gasteiger charge is 2.24. The van der Waals surface area contributed by atoms with Gasteiger partial charge in [-0.25, -0.2) is 8.78 Å². The molecule has 1 saturated heterocycles. The van der Waals surface area contributed by atoms with Crippen LogP contribution in [0.4, 0.5) is 8.78 Å². The van der Waals surface area contributed by atoms with Crippen molar-refractivity contribution in [1.82, 2.24) is 10.6 Å². The van der Waals surface area contributed by atoms with E-state index in [1.54, 1.807) is 11.8 Å². The molecule has 1 aliphatic rings. The summed E-state index contributed by atoms with van der Waals surface area (Å²) in [5.41, 5.74) is -0.420. The summed E-state index contributed by atoms with van der Waals surface area (Å²) >= 11 is 1.59. The monoisotopic (exact) mass is 288 g/mol. The fourth-order valence-corrected chi connectivity index (χ4v) is 2.76. The summed E-state index contributed by atoms with van der Waals surface area (Å²) in [6, 6.07) is 3.04. The molecule has 0 aliphatic carbocycles. The maximum Gasteiger partial charge on any atom is 0.238 e. The molecule has 1 amide bonds. The molecule has 2 unspecified atom stereocenters. The van der Waals surface area contributed by atoms with Crippen LogP contribution in [-0.2, 0) is 4.79 Å². The Kier molecular flexibility index (Phi) is 4.73. The lowest BCUT2D eigenvalue weighted by molar-refractivity contribution is -0.122. The highest BCUT2D eigenvalue weighted by molar-refractivity contribution is 7.99. The number of hydrogen-bond acceptors (Lipinski definition) is 4. The van der Waals surface area contributed by atoms with Crippen LogP contribution < -0.4 is 10.6 Å². The second kappa shape index (κ2) is 6.31. The van der Waals surface area contributed by atoms with Crippen LogP contribution in [0, 0.1) is 11.6 Å². The molecule has 104 valence electrons. The predicted octanol–water partition coefficient (Wildman–Crippen LogP) is 0.777. The number of carbonyl (C=O) groups is 1. The number of rotatable bonds is 4. The Morgan fingerprint density at radius 3 is 2.79 bits per heavy atom. The number of carbonyl (C=O) groups excluding carboxylic acids is 1. The molecule has 1 aromatic rings. The minimum absolute atomic E-state index is 0.223. The molecule has 3 N–H and O–H groups in total. The van der Waals surface area contributed by atoms with Crippen molar-refractivity contribution < 1.29 is 18.7 Å². The molecule has 1 fully saturated rings. The normalized spacial score (nSPS) is 20.3. The van der Waals surface area contributed by atoms with E-state index in [4.69, 9.17) is 0 Å². The first-order valence-electron chi connectivity index (χ1n) is 5.80. The van der Waals surface area contributed by atoms with Crippen LogP contribution in [0.25, 0.3) is 0 Å². The highest BCUT2D eigenvalue weighted by Crippen LogP contribution is 2.20. The molecule has 2 atom stereocenters. The van der Waals surface area contributed by atoms with Crippen LogP contribution >= 0.6 is 11.8 Å². The summed E-state index contributed by atoms with van der Waals surface area (Å²) in [5.74, 6) is -0.577. The largest absolute Gasteiger partial charge is 0.386 e. The van der Waals surface area contributed by atoms with Gasteiger partial charge in [-0.3, -0.25) is 10.1 Å². The third-order valence-corrected chi connectivity index (χ3v) is 3.78. The zero-order valence-electron chi connectivity index (χ0n) is 10.0. The summed E-state index contributed by atoms with van der Waals surface area (Å²) in [4.78, 5) is 11.7. The van der Waals surface area contributed by atoms with E-state index in [1.807, 2.05) is 0 Å². The molecular formula is C12H14F2N2O2S. The minimum atomic E-state index is -1.40. The van der Waals surface area contributed by atoms with Gasteiger partial charge in [-0.2, -0.15) is 0 Å². The molecule has 19 heavy (non-hydrogen) atoms. The van der Waals surface area contributed by atoms with Gasteiger partial charge in [0.1, 0.15) is 17.7 Å². The van der Waals surface area contributed by atoms with Crippen molar-refractivity contribution in [1.29, 1.82) is 0 Å². The van der Waals surface area contributed by atoms with Crippen LogP contribution in [0.1, 0.15) is 11.7 Å². The molecule has 1 heterocycles. The Labute approximate surface area is 113 Å². The molecule has 7 heteroatoms. The molecule has 0 bridgehead atoms. The van der Waals surface area contributed by atoms with Crippen LogP contribution in [0.15, 0.2) is 18.2 Å². The number of aliphatic hydroxyl groups is 1. The smallest absolute Gasteiger partial charge is 0.238 e. The summed E-state index contributed by atoms with van der Waals surface area (Å²) < 4.78 is 26.8. The van der Waals surface area contributed by atoms with Gasteiger partial charge < -0.3 is 10.4 Å². The molecular weight excluding hydrogens is 274 g/mol. The van der Waals surface area contributed by atoms with E-state index in [0.29, 0.717) is 11.6 Å². The topological polar surface area (TPSA) is 61.4 Å². The van der Waals surface area contributed by atoms with Crippen LogP contribution in [-0.4, -0.2) is 35.2 Å². The van der Waals surface area contributed by atoms with Crippen LogP contribution in [0.5, 0.6) is 0 Å². The van der Waals surface area contributed by atoms with Gasteiger partial charge in [0.05, 0.1) is 11.6 Å². The van der Waals surface area contributed by atoms with Gasteiger partial charge in [0.15, 0.2) is 0 Å². The zero-order chi connectivity index (χ0) is 13.8. The summed E-state index contributed by atoms with van der Waals surface area (Å²) in [7, 11) is 0. The first-order chi connectivity index (χ1) is 9.09. The van der Waals surface area contributed by atoms with Crippen molar-refractivity contribution in [2.75, 3.05) is 18.2 Å². The van der Waals surface area contributed by atoms with E-state index in [-0.39, 0.29) is 18.5 Å². The molecule has 1 aromatic carbocycles. The van der Waals surface area contributed by atoms with E-state index in [9.17, 15) is 18.7 Å². The number of hydrogen-bond donors (Lipinski definition) is 3. The molecule has 0 aromatic heterocycles. The number of benzene rings is 1. The Hall–Kier alpha value is -1.18. The van der Waals surface area contributed by atoms with Gasteiger partial charge in [0.25, 0.3) is 0 Å². The minimum Gasteiger partial charge on any atom is -0.386 e. The van der Waals surface area contributed by atoms with E-state index < -0.39 is 23.3 Å². The Morgan fingerprint density at radius 2 is 2.21 bits per heavy atom. The maximum absolute atomic E-state index is 13.4. The summed E-state index contributed by atoms with van der Waals surface area (Å²) in [6.45, 7) is -0.223. The fraction of sp³-hybridized carbons (Fsp3) is 0.417. The average Bonchev–Trinajstić information content (AvgIpc) is 2.89. The zero-order valence-corrected chi connectivity index (χ0v) is 10.8. The van der Waals surface area contributed by atoms with E-state index in [1.165, 1.54) is 6.07 Å². The van der Waals surface area contributed by atoms with Gasteiger partial charge in [-0.05, 0) is 12.1 Å². The summed E-state index contributed by atoms with van der Waals surface area (Å²) in [6.07, 6.45) is -1.40. The van der Waals surface area contributed by atoms with Crippen LogP contribution in [0.2, 0.25) is 0 Å². The Bertz CT molecular complexity index is 447. The number of thioether (sulfide) groups is 1. The first kappa shape index (κ1) is 14.2. The van der Waals surface area contributed by atoms with Crippen molar-refractivity contribution in [2.45, 2.75) is 12.1 Å². The lowest BCUT2D eigenvalue weighted by atomic mass is 10.1. The molecule has 2 rings (SSSR count). The van der Waals surface area contributed by atoms with Crippen LogP contribution in [0.3, 0.4) is 0 Å². The van der Waals surface area contributed by atoms with Crippen molar-refractivity contribution in [3.8, 4) is 0 Å². The highest BCUT2D eigenvalue weighted by atomic mass is 32.2. The maximum atomic E-state index is 13.4. The van der Waals surface area contributed by atoms with Gasteiger partial charge in [-0.1, -0.05) is 6.07 Å². The molecule has 4 nitrogen and oxygen atoms in total. The molecule has 0 spiro atoms. The summed E-state index contributed by atoms with van der Waals surface area (Å²) in [5, 5.41) is 15.2. The van der Waals surface area contributed by atoms with E-state index >= 15 is 0 Å². The number of amides is 1. The predicted molar refractivity (Wildman–Crippen MR) is 68.6 cm³/mol. The number of nitrogens with one attached hydrogen (secondary N) is 2. The quantitative estimate of drug-likeness (QED) is 0.766. The lowest BCUT2D eigenvalue weighted by Gasteiger charge is -2.15. The Morgan fingerprint density at radius 1 is 1.53 bits per heavy atom. The average molecular weight is 288 g/mol. The molecule has 0 saturated carbocycles. The van der Waals surface area contributed by atoms with Gasteiger partial charge >= 0.3 is 0 Å². The van der Waals surface area contributed by atoms with Crippen molar-refractivity contribution in [3.63, 3.8) is 0 Å². The van der Waals surface area contributed by atoms with Crippen molar-refractivity contribution in [2.24, 2.45) is 0 Å². The first-order valence-corrected chi connectivity index (χ1v) is 6.96. The second-order valence-corrected chi connectivity index (χ2v) is 5.20. The van der Waals surface area contributed by atoms with E-state index in [0.717, 1.165) is 12.1 Å². The second-order valence-electron chi connectivity index (χ2n) is 4.17. The lowest BCUT2D eigenvalue weighted by Crippen LogP contribution is -2.43. The fourth-order valence-electron chi connectivity index (χ4n) is 1.82. The molecule has 0 radical (unpaired) electrons. The van der Waals surface area contributed by atoms with Crippen molar-refractivity contribution >= 4 is 17.7 Å². The van der Waals surface area contributed by atoms with E-state index in [2.05, 4.69) is 10.6 Å². The van der Waals surface area contributed by atoms with Gasteiger partial charge in [0.2, 0.25) is 5.91 Å². The third kappa shape index (κ3) is 3.43. The standard InChI is InChI=1S/C12H14F2N2O2S/c13-7-2-1-3-8(14)11(7)10(17)4-15-12(18)9-5-19-6-16-9/h1-3,9-10,16-17H,4-6H2,(H,15,18).